The van der Waals surface area contributed by atoms with Gasteiger partial charge in [0.15, 0.2) is 0 Å². The number of carbonyl (C=O) groups is 1. The van der Waals surface area contributed by atoms with Gasteiger partial charge in [0, 0.05) is 31.4 Å². The average Bonchev–Trinajstić information content (AvgIpc) is 2.47. The number of ether oxygens (including phenoxy) is 1. The maximum absolute atomic E-state index is 12.2. The van der Waals surface area contributed by atoms with Gasteiger partial charge in [-0.15, -0.1) is 0 Å². The Bertz CT molecular complexity index is 514. The first kappa shape index (κ1) is 14.2. The van der Waals surface area contributed by atoms with Gasteiger partial charge in [-0.1, -0.05) is 0 Å². The highest BCUT2D eigenvalue weighted by Crippen LogP contribution is 2.22. The van der Waals surface area contributed by atoms with Crippen LogP contribution in [0.4, 0.5) is 11.4 Å². The predicted octanol–water partition coefficient (Wildman–Crippen LogP) is 0.789. The first-order chi connectivity index (χ1) is 9.61. The van der Waals surface area contributed by atoms with Crippen molar-refractivity contribution in [1.82, 2.24) is 5.32 Å². The van der Waals surface area contributed by atoms with E-state index < -0.39 is 4.92 Å². The smallest absolute Gasteiger partial charge is 0.270 e. The molecule has 0 saturated carbocycles. The third-order valence-electron chi connectivity index (χ3n) is 3.17. The first-order valence-electron chi connectivity index (χ1n) is 6.25. The summed E-state index contributed by atoms with van der Waals surface area (Å²) in [5.41, 5.74) is 2.73. The lowest BCUT2D eigenvalue weighted by atomic mass is 10.1. The van der Waals surface area contributed by atoms with Crippen molar-refractivity contribution in [1.29, 1.82) is 0 Å². The average molecular weight is 280 g/mol. The van der Waals surface area contributed by atoms with Gasteiger partial charge in [-0.25, -0.2) is 0 Å². The number of non-ortho nitro benzene ring substituents is 1. The normalized spacial score (nSPS) is 15.7. The predicted molar refractivity (Wildman–Crippen MR) is 72.2 cm³/mol. The molecule has 1 aliphatic heterocycles. The lowest BCUT2D eigenvalue weighted by Crippen LogP contribution is -2.39. The van der Waals surface area contributed by atoms with E-state index in [1.165, 1.54) is 18.2 Å². The quantitative estimate of drug-likeness (QED) is 0.426. The van der Waals surface area contributed by atoms with Crippen LogP contribution in [0.2, 0.25) is 0 Å². The van der Waals surface area contributed by atoms with Gasteiger partial charge in [-0.3, -0.25) is 20.8 Å². The number of nitrogen functional groups attached to an aromatic ring is 1. The zero-order valence-electron chi connectivity index (χ0n) is 10.8. The molecule has 0 bridgehead atoms. The minimum absolute atomic E-state index is 0.0149. The van der Waals surface area contributed by atoms with E-state index in [0.717, 1.165) is 12.8 Å². The number of nitrogens with one attached hydrogen (secondary N) is 2. The molecule has 1 saturated heterocycles. The fraction of sp³-hybridized carbons (Fsp3) is 0.417. The number of nitro groups is 1. The summed E-state index contributed by atoms with van der Waals surface area (Å²) in [6.45, 7) is 1.20. The highest BCUT2D eigenvalue weighted by Gasteiger charge is 2.20. The molecule has 8 nitrogen and oxygen atoms in total. The topological polar surface area (TPSA) is 120 Å². The van der Waals surface area contributed by atoms with Crippen molar-refractivity contribution in [2.45, 2.75) is 18.9 Å². The molecule has 4 N–H and O–H groups in total. The number of nitro benzene ring substituents is 1. The van der Waals surface area contributed by atoms with E-state index in [1.54, 1.807) is 0 Å². The van der Waals surface area contributed by atoms with Crippen LogP contribution in [0.1, 0.15) is 23.2 Å². The number of benzene rings is 1. The van der Waals surface area contributed by atoms with E-state index in [9.17, 15) is 14.9 Å². The molecule has 2 rings (SSSR count). The van der Waals surface area contributed by atoms with Gasteiger partial charge in [-0.05, 0) is 18.9 Å². The SMILES string of the molecule is NNc1ccc([N+](=O)[O-])cc1C(=O)NC1CCOCC1. The van der Waals surface area contributed by atoms with E-state index in [0.29, 0.717) is 18.9 Å². The number of hydrazine groups is 1. The van der Waals surface area contributed by atoms with Crippen molar-refractivity contribution < 1.29 is 14.5 Å². The lowest BCUT2D eigenvalue weighted by molar-refractivity contribution is -0.384. The van der Waals surface area contributed by atoms with Crippen molar-refractivity contribution in [3.63, 3.8) is 0 Å². The Kier molecular flexibility index (Phi) is 4.49. The molecule has 108 valence electrons. The molecule has 1 aliphatic rings. The number of anilines is 1. The van der Waals surface area contributed by atoms with Crippen LogP contribution in [-0.2, 0) is 4.74 Å². The van der Waals surface area contributed by atoms with Gasteiger partial charge in [0.05, 0.1) is 16.2 Å². The second-order valence-electron chi connectivity index (χ2n) is 4.49. The Morgan fingerprint density at radius 2 is 2.10 bits per heavy atom. The molecule has 1 amide bonds. The Labute approximate surface area is 115 Å². The van der Waals surface area contributed by atoms with Crippen molar-refractivity contribution in [3.05, 3.63) is 33.9 Å². The van der Waals surface area contributed by atoms with Crippen LogP contribution in [-0.4, -0.2) is 30.1 Å². The zero-order chi connectivity index (χ0) is 14.5. The van der Waals surface area contributed by atoms with Crippen LogP contribution in [0.3, 0.4) is 0 Å². The molecule has 1 aromatic carbocycles. The number of nitrogens with zero attached hydrogens (tertiary/aromatic N) is 1. The summed E-state index contributed by atoms with van der Waals surface area (Å²) in [6, 6.07) is 3.93. The highest BCUT2D eigenvalue weighted by atomic mass is 16.6. The van der Waals surface area contributed by atoms with Crippen LogP contribution in [0.15, 0.2) is 18.2 Å². The summed E-state index contributed by atoms with van der Waals surface area (Å²) >= 11 is 0. The lowest BCUT2D eigenvalue weighted by Gasteiger charge is -2.23. The maximum atomic E-state index is 12.2. The zero-order valence-corrected chi connectivity index (χ0v) is 10.8. The number of hydrogen-bond acceptors (Lipinski definition) is 6. The number of amides is 1. The van der Waals surface area contributed by atoms with Crippen molar-refractivity contribution in [2.24, 2.45) is 5.84 Å². The summed E-state index contributed by atoms with van der Waals surface area (Å²) in [5.74, 6) is 4.95. The Morgan fingerprint density at radius 3 is 2.70 bits per heavy atom. The minimum Gasteiger partial charge on any atom is -0.381 e. The van der Waals surface area contributed by atoms with Gasteiger partial charge >= 0.3 is 0 Å². The molecule has 0 atom stereocenters. The van der Waals surface area contributed by atoms with Crippen LogP contribution < -0.4 is 16.6 Å². The van der Waals surface area contributed by atoms with E-state index >= 15 is 0 Å². The Balaban J connectivity index is 2.18. The van der Waals surface area contributed by atoms with Gasteiger partial charge in [0.1, 0.15) is 0 Å². The molecule has 1 heterocycles. The molecule has 20 heavy (non-hydrogen) atoms. The minimum atomic E-state index is -0.550. The molecular formula is C12H16N4O4. The highest BCUT2D eigenvalue weighted by molar-refractivity contribution is 6.00. The van der Waals surface area contributed by atoms with Gasteiger partial charge in [0.25, 0.3) is 11.6 Å². The summed E-state index contributed by atoms with van der Waals surface area (Å²) in [4.78, 5) is 22.4. The largest absolute Gasteiger partial charge is 0.381 e. The van der Waals surface area contributed by atoms with E-state index in [2.05, 4.69) is 10.7 Å². The third-order valence-corrected chi connectivity index (χ3v) is 3.17. The van der Waals surface area contributed by atoms with Crippen LogP contribution in [0, 0.1) is 10.1 Å². The van der Waals surface area contributed by atoms with Crippen molar-refractivity contribution in [2.75, 3.05) is 18.6 Å². The van der Waals surface area contributed by atoms with E-state index in [1.807, 2.05) is 0 Å². The fourth-order valence-electron chi connectivity index (χ4n) is 2.06. The Morgan fingerprint density at radius 1 is 1.40 bits per heavy atom. The van der Waals surface area contributed by atoms with Gasteiger partial charge in [-0.2, -0.15) is 0 Å². The summed E-state index contributed by atoms with van der Waals surface area (Å²) in [5, 5.41) is 13.6. The molecule has 0 aromatic heterocycles. The molecule has 0 aliphatic carbocycles. The molecule has 0 radical (unpaired) electrons. The van der Waals surface area contributed by atoms with E-state index in [-0.39, 0.29) is 23.2 Å². The molecule has 1 aromatic rings. The third kappa shape index (κ3) is 3.22. The molecular weight excluding hydrogens is 264 g/mol. The molecule has 1 fully saturated rings. The first-order valence-corrected chi connectivity index (χ1v) is 6.25. The second kappa shape index (κ2) is 6.31. The van der Waals surface area contributed by atoms with E-state index in [4.69, 9.17) is 10.6 Å². The summed E-state index contributed by atoms with van der Waals surface area (Å²) in [6.07, 6.45) is 1.46. The van der Waals surface area contributed by atoms with Crippen LogP contribution in [0.25, 0.3) is 0 Å². The summed E-state index contributed by atoms with van der Waals surface area (Å²) in [7, 11) is 0. The van der Waals surface area contributed by atoms with Gasteiger partial charge in [0.2, 0.25) is 0 Å². The second-order valence-corrected chi connectivity index (χ2v) is 4.49. The van der Waals surface area contributed by atoms with Crippen molar-refractivity contribution >= 4 is 17.3 Å². The standard InChI is InChI=1S/C12H16N4O4/c13-15-11-2-1-9(16(18)19)7-10(11)12(17)14-8-3-5-20-6-4-8/h1-2,7-8,15H,3-6,13H2,(H,14,17). The fourth-order valence-corrected chi connectivity index (χ4v) is 2.06. The number of carbonyl (C=O) groups excluding carboxylic acids is 1. The maximum Gasteiger partial charge on any atom is 0.270 e. The Hall–Kier alpha value is -2.19. The molecule has 0 spiro atoms. The van der Waals surface area contributed by atoms with Crippen molar-refractivity contribution in [3.8, 4) is 0 Å². The molecule has 8 heteroatoms. The monoisotopic (exact) mass is 280 g/mol. The number of hydrogen-bond donors (Lipinski definition) is 3. The molecule has 0 unspecified atom stereocenters. The summed E-state index contributed by atoms with van der Waals surface area (Å²) < 4.78 is 5.21. The number of rotatable bonds is 4. The van der Waals surface area contributed by atoms with Gasteiger partial charge < -0.3 is 15.5 Å². The van der Waals surface area contributed by atoms with Crippen LogP contribution >= 0.6 is 0 Å². The number of nitrogens with two attached hydrogens (primary N) is 1. The van der Waals surface area contributed by atoms with Crippen LogP contribution in [0.5, 0.6) is 0 Å².